The molecule has 0 saturated carbocycles. The highest BCUT2D eigenvalue weighted by atomic mass is 16.7. The molecule has 1 aliphatic heterocycles. The second-order valence-electron chi connectivity index (χ2n) is 5.99. The van der Waals surface area contributed by atoms with E-state index in [9.17, 15) is 0 Å². The summed E-state index contributed by atoms with van der Waals surface area (Å²) < 4.78 is 12.0. The number of pyridine rings is 1. The third-order valence-corrected chi connectivity index (χ3v) is 4.01. The van der Waals surface area contributed by atoms with E-state index in [0.29, 0.717) is 0 Å². The minimum atomic E-state index is -0.426. The van der Waals surface area contributed by atoms with Crippen molar-refractivity contribution in [2.75, 3.05) is 0 Å². The standard InChI is InChI=1S/C14H18BN3O2/c1-13(2)14(3,4)20-15(19-13)11-9-17-12(18-11)10-7-5-6-8-16-10/h5-9H,1-4H3,(H,17,18). The Balaban J connectivity index is 1.86. The molecule has 0 radical (unpaired) electrons. The first kappa shape index (κ1) is 13.3. The SMILES string of the molecule is CC1(C)OB(c2cnc(-c3ccccn3)[nH]2)OC1(C)C. The van der Waals surface area contributed by atoms with Crippen LogP contribution >= 0.6 is 0 Å². The summed E-state index contributed by atoms with van der Waals surface area (Å²) in [6.45, 7) is 8.12. The van der Waals surface area contributed by atoms with Crippen LogP contribution in [0.5, 0.6) is 0 Å². The summed E-state index contributed by atoms with van der Waals surface area (Å²) in [4.78, 5) is 11.8. The van der Waals surface area contributed by atoms with Crippen molar-refractivity contribution in [3.05, 3.63) is 30.6 Å². The lowest BCUT2D eigenvalue weighted by molar-refractivity contribution is 0.00578. The molecule has 0 bridgehead atoms. The molecule has 3 rings (SSSR count). The Morgan fingerprint density at radius 1 is 1.05 bits per heavy atom. The quantitative estimate of drug-likeness (QED) is 0.846. The maximum atomic E-state index is 5.99. The minimum Gasteiger partial charge on any atom is -0.398 e. The van der Waals surface area contributed by atoms with Gasteiger partial charge in [0.2, 0.25) is 0 Å². The zero-order valence-corrected chi connectivity index (χ0v) is 12.2. The zero-order chi connectivity index (χ0) is 14.4. The van der Waals surface area contributed by atoms with Gasteiger partial charge in [-0.05, 0) is 39.8 Å². The Bertz CT molecular complexity index is 594. The van der Waals surface area contributed by atoms with Gasteiger partial charge in [-0.15, -0.1) is 0 Å². The molecule has 0 spiro atoms. The van der Waals surface area contributed by atoms with Crippen LogP contribution in [0, 0.1) is 0 Å². The van der Waals surface area contributed by atoms with Gasteiger partial charge in [-0.2, -0.15) is 0 Å². The fraction of sp³-hybridized carbons (Fsp3) is 0.429. The molecule has 0 unspecified atom stereocenters. The maximum Gasteiger partial charge on any atom is 0.513 e. The number of hydrogen-bond donors (Lipinski definition) is 1. The van der Waals surface area contributed by atoms with Gasteiger partial charge in [0.15, 0.2) is 5.82 Å². The van der Waals surface area contributed by atoms with Gasteiger partial charge >= 0.3 is 7.12 Å². The normalized spacial score (nSPS) is 20.3. The number of H-pyrrole nitrogens is 1. The van der Waals surface area contributed by atoms with Crippen LogP contribution in [0.1, 0.15) is 27.7 Å². The molecule has 0 amide bonds. The van der Waals surface area contributed by atoms with E-state index in [2.05, 4.69) is 15.0 Å². The molecule has 2 aromatic heterocycles. The Kier molecular flexibility index (Phi) is 2.95. The molecule has 104 valence electrons. The van der Waals surface area contributed by atoms with E-state index < -0.39 is 7.12 Å². The number of imidazole rings is 1. The van der Waals surface area contributed by atoms with Gasteiger partial charge in [0.1, 0.15) is 5.69 Å². The summed E-state index contributed by atoms with van der Waals surface area (Å²) >= 11 is 0. The van der Waals surface area contributed by atoms with E-state index in [0.717, 1.165) is 17.1 Å². The lowest BCUT2D eigenvalue weighted by atomic mass is 9.86. The molecular formula is C14H18BN3O2. The molecule has 2 aromatic rings. The van der Waals surface area contributed by atoms with E-state index in [1.807, 2.05) is 45.9 Å². The van der Waals surface area contributed by atoms with Crippen LogP contribution in [0.2, 0.25) is 0 Å². The van der Waals surface area contributed by atoms with Gasteiger partial charge < -0.3 is 14.3 Å². The van der Waals surface area contributed by atoms with Gasteiger partial charge in [0.05, 0.1) is 16.8 Å². The van der Waals surface area contributed by atoms with Crippen molar-refractivity contribution in [3.63, 3.8) is 0 Å². The van der Waals surface area contributed by atoms with Crippen molar-refractivity contribution in [1.29, 1.82) is 0 Å². The molecule has 0 aromatic carbocycles. The topological polar surface area (TPSA) is 60.0 Å². The lowest BCUT2D eigenvalue weighted by Crippen LogP contribution is -2.41. The highest BCUT2D eigenvalue weighted by Gasteiger charge is 2.52. The van der Waals surface area contributed by atoms with Crippen molar-refractivity contribution >= 4 is 12.7 Å². The molecule has 1 aliphatic rings. The predicted molar refractivity (Wildman–Crippen MR) is 77.5 cm³/mol. The van der Waals surface area contributed by atoms with Gasteiger partial charge in [0, 0.05) is 12.4 Å². The average molecular weight is 271 g/mol. The largest absolute Gasteiger partial charge is 0.513 e. The molecule has 3 heterocycles. The summed E-state index contributed by atoms with van der Waals surface area (Å²) in [6, 6.07) is 5.72. The predicted octanol–water partition coefficient (Wildman–Crippen LogP) is 1.77. The van der Waals surface area contributed by atoms with Crippen LogP contribution in [0.25, 0.3) is 11.5 Å². The molecule has 0 atom stereocenters. The van der Waals surface area contributed by atoms with E-state index in [1.54, 1.807) is 12.4 Å². The number of nitrogens with zero attached hydrogens (tertiary/aromatic N) is 2. The third kappa shape index (κ3) is 2.15. The minimum absolute atomic E-state index is 0.353. The van der Waals surface area contributed by atoms with Crippen LogP contribution < -0.4 is 5.59 Å². The first-order valence-electron chi connectivity index (χ1n) is 6.71. The fourth-order valence-electron chi connectivity index (χ4n) is 2.06. The number of aromatic nitrogens is 3. The van der Waals surface area contributed by atoms with Crippen molar-refractivity contribution in [1.82, 2.24) is 15.0 Å². The third-order valence-electron chi connectivity index (χ3n) is 4.01. The Labute approximate surface area is 118 Å². The van der Waals surface area contributed by atoms with E-state index in [4.69, 9.17) is 9.31 Å². The summed E-state index contributed by atoms with van der Waals surface area (Å²) in [5.41, 5.74) is 0.904. The first-order valence-corrected chi connectivity index (χ1v) is 6.71. The molecule has 1 N–H and O–H groups in total. The molecule has 5 nitrogen and oxygen atoms in total. The lowest BCUT2D eigenvalue weighted by Gasteiger charge is -2.32. The Morgan fingerprint density at radius 2 is 1.75 bits per heavy atom. The summed E-state index contributed by atoms with van der Waals surface area (Å²) in [5.74, 6) is 0.718. The number of hydrogen-bond acceptors (Lipinski definition) is 4. The molecule has 6 heteroatoms. The monoisotopic (exact) mass is 271 g/mol. The van der Waals surface area contributed by atoms with Crippen molar-refractivity contribution in [2.45, 2.75) is 38.9 Å². The van der Waals surface area contributed by atoms with Crippen LogP contribution in [-0.2, 0) is 9.31 Å². The van der Waals surface area contributed by atoms with Gasteiger partial charge in [-0.3, -0.25) is 4.98 Å². The van der Waals surface area contributed by atoms with E-state index >= 15 is 0 Å². The van der Waals surface area contributed by atoms with Crippen molar-refractivity contribution < 1.29 is 9.31 Å². The van der Waals surface area contributed by atoms with Crippen molar-refractivity contribution in [3.8, 4) is 11.5 Å². The van der Waals surface area contributed by atoms with Gasteiger partial charge in [-0.25, -0.2) is 4.98 Å². The van der Waals surface area contributed by atoms with Crippen molar-refractivity contribution in [2.24, 2.45) is 0 Å². The molecule has 1 saturated heterocycles. The van der Waals surface area contributed by atoms with Crippen LogP contribution in [0.3, 0.4) is 0 Å². The summed E-state index contributed by atoms with van der Waals surface area (Å²) in [5, 5.41) is 0. The molecule has 0 aliphatic carbocycles. The summed E-state index contributed by atoms with van der Waals surface area (Å²) in [6.07, 6.45) is 3.48. The molecular weight excluding hydrogens is 253 g/mol. The average Bonchev–Trinajstić information content (AvgIpc) is 2.94. The number of aromatic amines is 1. The maximum absolute atomic E-state index is 5.99. The molecule has 1 fully saturated rings. The van der Waals surface area contributed by atoms with Crippen LogP contribution in [0.4, 0.5) is 0 Å². The Morgan fingerprint density at radius 3 is 2.35 bits per heavy atom. The second kappa shape index (κ2) is 4.43. The highest BCUT2D eigenvalue weighted by molar-refractivity contribution is 6.61. The van der Waals surface area contributed by atoms with E-state index in [1.165, 1.54) is 0 Å². The zero-order valence-electron chi connectivity index (χ0n) is 12.2. The van der Waals surface area contributed by atoms with Crippen LogP contribution in [0.15, 0.2) is 30.6 Å². The fourth-order valence-corrected chi connectivity index (χ4v) is 2.06. The Hall–Kier alpha value is -1.66. The number of rotatable bonds is 2. The molecule has 20 heavy (non-hydrogen) atoms. The van der Waals surface area contributed by atoms with Gasteiger partial charge in [0.25, 0.3) is 0 Å². The van der Waals surface area contributed by atoms with E-state index in [-0.39, 0.29) is 11.2 Å². The van der Waals surface area contributed by atoms with Crippen LogP contribution in [-0.4, -0.2) is 33.3 Å². The highest BCUT2D eigenvalue weighted by Crippen LogP contribution is 2.36. The first-order chi connectivity index (χ1) is 9.39. The van der Waals surface area contributed by atoms with Gasteiger partial charge in [-0.1, -0.05) is 6.07 Å². The smallest absolute Gasteiger partial charge is 0.398 e. The number of nitrogens with one attached hydrogen (secondary N) is 1. The second-order valence-corrected chi connectivity index (χ2v) is 5.99. The summed E-state index contributed by atoms with van der Waals surface area (Å²) in [7, 11) is -0.426.